The van der Waals surface area contributed by atoms with E-state index in [2.05, 4.69) is 21.2 Å². The Morgan fingerprint density at radius 2 is 2.20 bits per heavy atom. The molecule has 1 aliphatic rings. The Morgan fingerprint density at radius 3 is 2.87 bits per heavy atom. The Labute approximate surface area is 98.2 Å². The zero-order valence-corrected chi connectivity index (χ0v) is 10.2. The molecule has 0 heterocycles. The van der Waals surface area contributed by atoms with E-state index in [0.29, 0.717) is 0 Å². The molecule has 0 spiro atoms. The van der Waals surface area contributed by atoms with E-state index in [9.17, 15) is 4.39 Å². The minimum Gasteiger partial charge on any atom is -0.314 e. The molecule has 0 saturated heterocycles. The summed E-state index contributed by atoms with van der Waals surface area (Å²) >= 11 is 3.25. The van der Waals surface area contributed by atoms with Crippen LogP contribution in [-0.2, 0) is 6.42 Å². The number of aryl methyl sites for hydroxylation is 1. The Bertz CT molecular complexity index is 336. The third kappa shape index (κ3) is 3.58. The summed E-state index contributed by atoms with van der Waals surface area (Å²) in [5, 5.41) is 3.43. The van der Waals surface area contributed by atoms with Gasteiger partial charge in [0.05, 0.1) is 0 Å². The predicted molar refractivity (Wildman–Crippen MR) is 63.4 cm³/mol. The van der Waals surface area contributed by atoms with Crippen molar-refractivity contribution in [3.63, 3.8) is 0 Å². The highest BCUT2D eigenvalue weighted by molar-refractivity contribution is 9.10. The molecule has 1 aliphatic carbocycles. The quantitative estimate of drug-likeness (QED) is 0.811. The highest BCUT2D eigenvalue weighted by Gasteiger charge is 2.19. The highest BCUT2D eigenvalue weighted by Crippen LogP contribution is 2.19. The van der Waals surface area contributed by atoms with Crippen LogP contribution >= 0.6 is 15.9 Å². The number of halogens is 2. The van der Waals surface area contributed by atoms with Crippen LogP contribution in [0.5, 0.6) is 0 Å². The lowest BCUT2D eigenvalue weighted by molar-refractivity contribution is 0.591. The van der Waals surface area contributed by atoms with Crippen LogP contribution in [0.1, 0.15) is 24.8 Å². The van der Waals surface area contributed by atoms with E-state index in [1.165, 1.54) is 18.9 Å². The molecule has 1 fully saturated rings. The van der Waals surface area contributed by atoms with Gasteiger partial charge in [0, 0.05) is 10.5 Å². The van der Waals surface area contributed by atoms with Crippen molar-refractivity contribution in [3.05, 3.63) is 34.1 Å². The third-order valence-electron chi connectivity index (χ3n) is 2.65. The van der Waals surface area contributed by atoms with Crippen molar-refractivity contribution >= 4 is 15.9 Å². The van der Waals surface area contributed by atoms with Gasteiger partial charge in [-0.2, -0.15) is 0 Å². The van der Waals surface area contributed by atoms with Crippen LogP contribution in [-0.4, -0.2) is 12.6 Å². The van der Waals surface area contributed by atoms with Crippen LogP contribution in [0.4, 0.5) is 4.39 Å². The molecule has 1 saturated carbocycles. The maximum Gasteiger partial charge on any atom is 0.127 e. The van der Waals surface area contributed by atoms with Gasteiger partial charge in [-0.15, -0.1) is 0 Å². The first kappa shape index (κ1) is 11.1. The molecule has 0 bridgehead atoms. The van der Waals surface area contributed by atoms with Gasteiger partial charge in [0.25, 0.3) is 0 Å². The van der Waals surface area contributed by atoms with Crippen LogP contribution < -0.4 is 5.32 Å². The third-order valence-corrected chi connectivity index (χ3v) is 3.14. The molecule has 0 aliphatic heterocycles. The predicted octanol–water partition coefficient (Wildman–Crippen LogP) is 3.27. The minimum absolute atomic E-state index is 0.101. The Kier molecular flexibility index (Phi) is 3.76. The zero-order valence-electron chi connectivity index (χ0n) is 8.60. The normalized spacial score (nSPS) is 15.6. The largest absolute Gasteiger partial charge is 0.314 e. The van der Waals surface area contributed by atoms with E-state index in [1.54, 1.807) is 0 Å². The van der Waals surface area contributed by atoms with Crippen LogP contribution in [0, 0.1) is 5.82 Å². The zero-order chi connectivity index (χ0) is 10.7. The maximum absolute atomic E-state index is 13.4. The van der Waals surface area contributed by atoms with Gasteiger partial charge in [-0.1, -0.05) is 22.0 Å². The van der Waals surface area contributed by atoms with Gasteiger partial charge in [-0.3, -0.25) is 0 Å². The lowest BCUT2D eigenvalue weighted by Crippen LogP contribution is -2.18. The molecule has 15 heavy (non-hydrogen) atoms. The topological polar surface area (TPSA) is 12.0 Å². The molecule has 0 aromatic heterocycles. The summed E-state index contributed by atoms with van der Waals surface area (Å²) < 4.78 is 14.2. The van der Waals surface area contributed by atoms with Crippen molar-refractivity contribution in [2.45, 2.75) is 31.7 Å². The second kappa shape index (κ2) is 5.08. The molecule has 82 valence electrons. The van der Waals surface area contributed by atoms with E-state index in [-0.39, 0.29) is 5.82 Å². The fourth-order valence-electron chi connectivity index (χ4n) is 1.60. The van der Waals surface area contributed by atoms with Gasteiger partial charge >= 0.3 is 0 Å². The summed E-state index contributed by atoms with van der Waals surface area (Å²) in [6, 6.07) is 6.03. The van der Waals surface area contributed by atoms with Crippen LogP contribution in [0.15, 0.2) is 22.7 Å². The molecule has 1 aromatic carbocycles. The first-order valence-electron chi connectivity index (χ1n) is 5.43. The van der Waals surface area contributed by atoms with E-state index in [0.717, 1.165) is 35.5 Å². The number of nitrogens with one attached hydrogen (secondary N) is 1. The van der Waals surface area contributed by atoms with E-state index >= 15 is 0 Å². The Balaban J connectivity index is 1.76. The average molecular weight is 272 g/mol. The number of benzene rings is 1. The minimum atomic E-state index is -0.101. The second-order valence-corrected chi connectivity index (χ2v) is 4.98. The van der Waals surface area contributed by atoms with Gasteiger partial charge < -0.3 is 5.32 Å². The summed E-state index contributed by atoms with van der Waals surface area (Å²) in [6.45, 7) is 1.00. The molecule has 0 amide bonds. The van der Waals surface area contributed by atoms with Gasteiger partial charge in [0.2, 0.25) is 0 Å². The Hall–Kier alpha value is -0.410. The highest BCUT2D eigenvalue weighted by atomic mass is 79.9. The fourth-order valence-corrected chi connectivity index (χ4v) is 1.93. The molecular formula is C12H15BrFN. The molecule has 1 N–H and O–H groups in total. The molecule has 3 heteroatoms. The molecule has 0 unspecified atom stereocenters. The summed E-state index contributed by atoms with van der Waals surface area (Å²) in [6.07, 6.45) is 4.45. The lowest BCUT2D eigenvalue weighted by atomic mass is 10.1. The second-order valence-electron chi connectivity index (χ2n) is 4.07. The van der Waals surface area contributed by atoms with Gasteiger partial charge in [-0.25, -0.2) is 4.39 Å². The van der Waals surface area contributed by atoms with E-state index in [1.807, 2.05) is 12.1 Å². The molecule has 2 rings (SSSR count). The molecule has 1 nitrogen and oxygen atoms in total. The van der Waals surface area contributed by atoms with Crippen LogP contribution in [0.25, 0.3) is 0 Å². The fraction of sp³-hybridized carbons (Fsp3) is 0.500. The molecular weight excluding hydrogens is 257 g/mol. The lowest BCUT2D eigenvalue weighted by Gasteiger charge is -2.04. The van der Waals surface area contributed by atoms with Crippen LogP contribution in [0.3, 0.4) is 0 Å². The summed E-state index contributed by atoms with van der Waals surface area (Å²) in [7, 11) is 0. The molecule has 1 aromatic rings. The van der Waals surface area contributed by atoms with Crippen molar-refractivity contribution in [2.24, 2.45) is 0 Å². The first-order valence-corrected chi connectivity index (χ1v) is 6.22. The van der Waals surface area contributed by atoms with Crippen molar-refractivity contribution in [2.75, 3.05) is 6.54 Å². The Morgan fingerprint density at radius 1 is 1.40 bits per heavy atom. The van der Waals surface area contributed by atoms with Crippen molar-refractivity contribution in [1.82, 2.24) is 5.32 Å². The first-order chi connectivity index (χ1) is 7.25. The summed E-state index contributed by atoms with van der Waals surface area (Å²) in [5.41, 5.74) is 0.816. The number of hydrogen-bond donors (Lipinski definition) is 1. The van der Waals surface area contributed by atoms with Crippen LogP contribution in [0.2, 0.25) is 0 Å². The van der Waals surface area contributed by atoms with Gasteiger partial charge in [-0.05, 0) is 49.9 Å². The summed E-state index contributed by atoms with van der Waals surface area (Å²) in [5.74, 6) is -0.101. The SMILES string of the molecule is Fc1cc(Br)ccc1CCCNC1CC1. The van der Waals surface area contributed by atoms with E-state index < -0.39 is 0 Å². The standard InChI is InChI=1S/C12H15BrFN/c13-10-4-3-9(12(14)8-10)2-1-7-15-11-5-6-11/h3-4,8,11,15H,1-2,5-7H2. The van der Waals surface area contributed by atoms with Crippen molar-refractivity contribution < 1.29 is 4.39 Å². The monoisotopic (exact) mass is 271 g/mol. The maximum atomic E-state index is 13.4. The van der Waals surface area contributed by atoms with E-state index in [4.69, 9.17) is 0 Å². The van der Waals surface area contributed by atoms with Gasteiger partial charge in [0.15, 0.2) is 0 Å². The van der Waals surface area contributed by atoms with Crippen molar-refractivity contribution in [1.29, 1.82) is 0 Å². The number of rotatable bonds is 5. The summed E-state index contributed by atoms with van der Waals surface area (Å²) in [4.78, 5) is 0. The molecule has 0 atom stereocenters. The average Bonchev–Trinajstić information content (AvgIpc) is 2.99. The molecule has 0 radical (unpaired) electrons. The smallest absolute Gasteiger partial charge is 0.127 e. The van der Waals surface area contributed by atoms with Gasteiger partial charge in [0.1, 0.15) is 5.82 Å². The van der Waals surface area contributed by atoms with Crippen molar-refractivity contribution in [3.8, 4) is 0 Å². The number of hydrogen-bond acceptors (Lipinski definition) is 1.